The molecule has 25 heavy (non-hydrogen) atoms. The number of alkyl halides is 1. The minimum atomic E-state index is -1.89. The molecule has 1 aliphatic heterocycles. The Morgan fingerprint density at radius 1 is 1.12 bits per heavy atom. The second kappa shape index (κ2) is 8.57. The van der Waals surface area contributed by atoms with E-state index in [0.717, 1.165) is 19.4 Å². The van der Waals surface area contributed by atoms with Crippen LogP contribution in [0.15, 0.2) is 30.3 Å². The van der Waals surface area contributed by atoms with Crippen molar-refractivity contribution >= 4 is 17.9 Å². The van der Waals surface area contributed by atoms with Crippen molar-refractivity contribution in [3.63, 3.8) is 0 Å². The molecule has 1 aliphatic rings. The lowest BCUT2D eigenvalue weighted by Crippen LogP contribution is -2.57. The van der Waals surface area contributed by atoms with Gasteiger partial charge in [0, 0.05) is 13.8 Å². The summed E-state index contributed by atoms with van der Waals surface area (Å²) in [5, 5.41) is 0. The van der Waals surface area contributed by atoms with E-state index in [-0.39, 0.29) is 13.2 Å². The maximum Gasteiger partial charge on any atom is 0.352 e. The third-order valence-corrected chi connectivity index (χ3v) is 3.46. The standard InChI is InChI=1S/C17H19FO7/c1-10(19)23-15-14(18)13(25-17(21)16(15)24-11(2)20)9-22-8-12-6-4-3-5-7-12/h3-7,13-16H,8-9H2,1-2H3/t13-,14-,15-,16+/m0/s1. The summed E-state index contributed by atoms with van der Waals surface area (Å²) in [5.41, 5.74) is 0.870. The van der Waals surface area contributed by atoms with Gasteiger partial charge < -0.3 is 18.9 Å². The highest BCUT2D eigenvalue weighted by molar-refractivity contribution is 5.81. The third kappa shape index (κ3) is 5.25. The van der Waals surface area contributed by atoms with Gasteiger partial charge in [-0.1, -0.05) is 30.3 Å². The molecule has 136 valence electrons. The first-order valence-corrected chi connectivity index (χ1v) is 7.69. The van der Waals surface area contributed by atoms with Crippen LogP contribution in [-0.2, 0) is 39.9 Å². The van der Waals surface area contributed by atoms with E-state index < -0.39 is 42.4 Å². The molecule has 1 aromatic rings. The fraction of sp³-hybridized carbons (Fsp3) is 0.471. The summed E-state index contributed by atoms with van der Waals surface area (Å²) in [7, 11) is 0. The highest BCUT2D eigenvalue weighted by atomic mass is 19.1. The number of benzene rings is 1. The molecule has 0 radical (unpaired) electrons. The summed E-state index contributed by atoms with van der Waals surface area (Å²) in [6, 6.07) is 9.18. The summed E-state index contributed by atoms with van der Waals surface area (Å²) < 4.78 is 34.6. The van der Waals surface area contributed by atoms with Gasteiger partial charge in [0.1, 0.15) is 0 Å². The molecule has 4 atom stereocenters. The first kappa shape index (κ1) is 18.9. The van der Waals surface area contributed by atoms with Crippen molar-refractivity contribution in [3.05, 3.63) is 35.9 Å². The molecule has 0 N–H and O–H groups in total. The smallest absolute Gasteiger partial charge is 0.352 e. The molecule has 0 saturated carbocycles. The summed E-state index contributed by atoms with van der Waals surface area (Å²) in [4.78, 5) is 34.3. The molecule has 1 aromatic carbocycles. The van der Waals surface area contributed by atoms with Gasteiger partial charge in [-0.2, -0.15) is 0 Å². The van der Waals surface area contributed by atoms with Crippen molar-refractivity contribution in [2.75, 3.05) is 6.61 Å². The number of halogens is 1. The lowest BCUT2D eigenvalue weighted by Gasteiger charge is -2.36. The summed E-state index contributed by atoms with van der Waals surface area (Å²) in [6.45, 7) is 2.10. The molecule has 7 nitrogen and oxygen atoms in total. The van der Waals surface area contributed by atoms with E-state index in [1.807, 2.05) is 30.3 Å². The number of carbonyl (C=O) groups is 3. The summed E-state index contributed by atoms with van der Waals surface area (Å²) in [5.74, 6) is -2.60. The predicted molar refractivity (Wildman–Crippen MR) is 82.0 cm³/mol. The number of hydrogen-bond acceptors (Lipinski definition) is 7. The average molecular weight is 354 g/mol. The summed E-state index contributed by atoms with van der Waals surface area (Å²) in [6.07, 6.45) is -6.37. The highest BCUT2D eigenvalue weighted by Crippen LogP contribution is 2.25. The van der Waals surface area contributed by atoms with Crippen LogP contribution < -0.4 is 0 Å². The van der Waals surface area contributed by atoms with Gasteiger partial charge in [-0.15, -0.1) is 0 Å². The highest BCUT2D eigenvalue weighted by Gasteiger charge is 2.50. The molecular weight excluding hydrogens is 335 g/mol. The Balaban J connectivity index is 2.01. The van der Waals surface area contributed by atoms with Crippen molar-refractivity contribution in [3.8, 4) is 0 Å². The zero-order chi connectivity index (χ0) is 18.4. The maximum absolute atomic E-state index is 14.6. The van der Waals surface area contributed by atoms with Crippen molar-refractivity contribution in [1.82, 2.24) is 0 Å². The molecule has 0 aliphatic carbocycles. The monoisotopic (exact) mass is 354 g/mol. The van der Waals surface area contributed by atoms with E-state index in [1.165, 1.54) is 0 Å². The molecule has 0 unspecified atom stereocenters. The third-order valence-electron chi connectivity index (χ3n) is 3.46. The lowest BCUT2D eigenvalue weighted by atomic mass is 10.0. The quantitative estimate of drug-likeness (QED) is 0.562. The van der Waals surface area contributed by atoms with Crippen LogP contribution in [0.2, 0.25) is 0 Å². The Labute approximate surface area is 144 Å². The molecule has 0 spiro atoms. The van der Waals surface area contributed by atoms with E-state index in [4.69, 9.17) is 18.9 Å². The second-order valence-electron chi connectivity index (χ2n) is 5.52. The zero-order valence-electron chi connectivity index (χ0n) is 13.8. The van der Waals surface area contributed by atoms with E-state index in [2.05, 4.69) is 0 Å². The van der Waals surface area contributed by atoms with Crippen LogP contribution in [-0.4, -0.2) is 49.0 Å². The van der Waals surface area contributed by atoms with Crippen molar-refractivity contribution < 1.29 is 37.7 Å². The second-order valence-corrected chi connectivity index (χ2v) is 5.52. The fourth-order valence-electron chi connectivity index (χ4n) is 2.40. The molecule has 1 saturated heterocycles. The Morgan fingerprint density at radius 2 is 1.76 bits per heavy atom. The largest absolute Gasteiger partial charge is 0.455 e. The zero-order valence-corrected chi connectivity index (χ0v) is 13.8. The van der Waals surface area contributed by atoms with Gasteiger partial charge in [-0.3, -0.25) is 9.59 Å². The van der Waals surface area contributed by atoms with Crippen LogP contribution in [0, 0.1) is 0 Å². The van der Waals surface area contributed by atoms with Crippen LogP contribution in [0.3, 0.4) is 0 Å². The van der Waals surface area contributed by atoms with Gasteiger partial charge in [0.15, 0.2) is 18.4 Å². The van der Waals surface area contributed by atoms with Gasteiger partial charge in [0.05, 0.1) is 13.2 Å². The van der Waals surface area contributed by atoms with E-state index in [0.29, 0.717) is 0 Å². The Bertz CT molecular complexity index is 619. The first-order valence-electron chi connectivity index (χ1n) is 7.69. The van der Waals surface area contributed by atoms with E-state index in [1.54, 1.807) is 0 Å². The van der Waals surface area contributed by atoms with E-state index >= 15 is 0 Å². The van der Waals surface area contributed by atoms with Gasteiger partial charge in [0.25, 0.3) is 0 Å². The topological polar surface area (TPSA) is 88.1 Å². The van der Waals surface area contributed by atoms with Gasteiger partial charge >= 0.3 is 17.9 Å². The van der Waals surface area contributed by atoms with Gasteiger partial charge in [-0.05, 0) is 5.56 Å². The van der Waals surface area contributed by atoms with Crippen LogP contribution in [0.5, 0.6) is 0 Å². The lowest BCUT2D eigenvalue weighted by molar-refractivity contribution is -0.214. The number of esters is 3. The number of cyclic esters (lactones) is 1. The molecule has 1 heterocycles. The van der Waals surface area contributed by atoms with Gasteiger partial charge in [0.2, 0.25) is 6.10 Å². The molecule has 1 fully saturated rings. The number of ether oxygens (including phenoxy) is 4. The van der Waals surface area contributed by atoms with Crippen molar-refractivity contribution in [2.45, 2.75) is 44.9 Å². The predicted octanol–water partition coefficient (Wildman–Crippen LogP) is 1.33. The van der Waals surface area contributed by atoms with Crippen LogP contribution in [0.1, 0.15) is 19.4 Å². The van der Waals surface area contributed by atoms with E-state index in [9.17, 15) is 18.8 Å². The van der Waals surface area contributed by atoms with Gasteiger partial charge in [-0.25, -0.2) is 9.18 Å². The normalized spacial score (nSPS) is 25.8. The minimum absolute atomic E-state index is 0.202. The molecule has 8 heteroatoms. The SMILES string of the molecule is CC(=O)O[C@H]1[C@@H](F)[C@H](COCc2ccccc2)OC(=O)[C@@H]1OC(C)=O. The maximum atomic E-state index is 14.6. The van der Waals surface area contributed by atoms with Crippen LogP contribution >= 0.6 is 0 Å². The molecule has 0 amide bonds. The number of carbonyl (C=O) groups excluding carboxylic acids is 3. The minimum Gasteiger partial charge on any atom is -0.455 e. The van der Waals surface area contributed by atoms with Crippen LogP contribution in [0.4, 0.5) is 4.39 Å². The molecule has 0 bridgehead atoms. The first-order chi connectivity index (χ1) is 11.9. The number of hydrogen-bond donors (Lipinski definition) is 0. The Morgan fingerprint density at radius 3 is 2.36 bits per heavy atom. The van der Waals surface area contributed by atoms with Crippen molar-refractivity contribution in [2.24, 2.45) is 0 Å². The summed E-state index contributed by atoms with van der Waals surface area (Å²) >= 11 is 0. The fourth-order valence-corrected chi connectivity index (χ4v) is 2.40. The average Bonchev–Trinajstić information content (AvgIpc) is 2.55. The van der Waals surface area contributed by atoms with Crippen molar-refractivity contribution in [1.29, 1.82) is 0 Å². The molecular formula is C17H19FO7. The van der Waals surface area contributed by atoms with Crippen LogP contribution in [0.25, 0.3) is 0 Å². The Kier molecular flexibility index (Phi) is 6.46. The Hall–Kier alpha value is -2.48. The molecule has 0 aromatic heterocycles. The molecule has 2 rings (SSSR count). The number of rotatable bonds is 6.